The van der Waals surface area contributed by atoms with Crippen molar-refractivity contribution < 1.29 is 19.2 Å². The predicted molar refractivity (Wildman–Crippen MR) is 128 cm³/mol. The number of nitrogens with one attached hydrogen (secondary N) is 1. The van der Waals surface area contributed by atoms with Crippen LogP contribution < -0.4 is 10.1 Å². The average molecular weight is 449 g/mol. The Morgan fingerprint density at radius 2 is 1.76 bits per heavy atom. The van der Waals surface area contributed by atoms with Crippen molar-refractivity contribution in [3.63, 3.8) is 0 Å². The number of hydrogen-bond donors (Lipinski definition) is 1. The van der Waals surface area contributed by atoms with E-state index in [9.17, 15) is 14.9 Å². The molecule has 4 rings (SSSR count). The molecule has 3 aromatic carbocycles. The van der Waals surface area contributed by atoms with Gasteiger partial charge in [-0.1, -0.05) is 43.3 Å². The van der Waals surface area contributed by atoms with E-state index in [-0.39, 0.29) is 17.7 Å². The second-order valence-corrected chi connectivity index (χ2v) is 8.45. The average Bonchev–Trinajstić information content (AvgIpc) is 2.85. The maximum atomic E-state index is 13.7. The van der Waals surface area contributed by atoms with E-state index in [1.54, 1.807) is 12.1 Å². The van der Waals surface area contributed by atoms with E-state index in [0.29, 0.717) is 31.7 Å². The van der Waals surface area contributed by atoms with Crippen LogP contribution in [0.25, 0.3) is 10.8 Å². The van der Waals surface area contributed by atoms with Crippen LogP contribution in [0.15, 0.2) is 60.7 Å². The number of ether oxygens (including phenoxy) is 2. The highest BCUT2D eigenvalue weighted by molar-refractivity contribution is 6.07. The molecule has 1 heterocycles. The maximum Gasteiger partial charge on any atom is 0.269 e. The van der Waals surface area contributed by atoms with Crippen LogP contribution in [0.4, 0.5) is 11.4 Å². The zero-order chi connectivity index (χ0) is 23.4. The summed E-state index contributed by atoms with van der Waals surface area (Å²) in [4.78, 5) is 24.4. The molecule has 1 amide bonds. The summed E-state index contributed by atoms with van der Waals surface area (Å²) in [6.45, 7) is 5.01. The Labute approximate surface area is 192 Å². The molecule has 1 aliphatic rings. The van der Waals surface area contributed by atoms with Crippen molar-refractivity contribution in [3.05, 3.63) is 76.3 Å². The fourth-order valence-electron chi connectivity index (χ4n) is 4.29. The van der Waals surface area contributed by atoms with E-state index in [1.165, 1.54) is 12.1 Å². The lowest BCUT2D eigenvalue weighted by molar-refractivity contribution is -0.384. The molecule has 1 atom stereocenters. The summed E-state index contributed by atoms with van der Waals surface area (Å²) in [6, 6.07) is 17.9. The number of nitro benzene ring substituents is 1. The van der Waals surface area contributed by atoms with Crippen molar-refractivity contribution in [2.45, 2.75) is 44.6 Å². The standard InChI is InChI=1S/C26H28N2O5/c1-3-18(2)33-24-13-12-23(21-6-4-5-7-22(21)24)27-25(29)26(14-16-32-17-15-26)19-8-10-20(11-9-19)28(30)31/h4-13,18H,3,14-17H2,1-2H3,(H,27,29)/t18-/m0/s1. The topological polar surface area (TPSA) is 90.7 Å². The molecule has 0 spiro atoms. The van der Waals surface area contributed by atoms with E-state index < -0.39 is 10.3 Å². The van der Waals surface area contributed by atoms with Gasteiger partial charge in [0.1, 0.15) is 5.75 Å². The van der Waals surface area contributed by atoms with Gasteiger partial charge >= 0.3 is 0 Å². The number of benzene rings is 3. The first-order chi connectivity index (χ1) is 15.9. The molecule has 3 aromatic rings. The Hall–Kier alpha value is -3.45. The molecular weight excluding hydrogens is 420 g/mol. The summed E-state index contributed by atoms with van der Waals surface area (Å²) in [5, 5.41) is 16.1. The zero-order valence-corrected chi connectivity index (χ0v) is 18.9. The van der Waals surface area contributed by atoms with Crippen LogP contribution in [0.5, 0.6) is 5.75 Å². The summed E-state index contributed by atoms with van der Waals surface area (Å²) in [7, 11) is 0. The second-order valence-electron chi connectivity index (χ2n) is 8.45. The molecule has 0 bridgehead atoms. The van der Waals surface area contributed by atoms with Crippen LogP contribution in [0, 0.1) is 10.1 Å². The highest BCUT2D eigenvalue weighted by Crippen LogP contribution is 2.39. The van der Waals surface area contributed by atoms with Crippen molar-refractivity contribution in [1.29, 1.82) is 0 Å². The van der Waals surface area contributed by atoms with Gasteiger partial charge in [0.05, 0.1) is 16.4 Å². The van der Waals surface area contributed by atoms with Crippen molar-refractivity contribution in [2.24, 2.45) is 0 Å². The van der Waals surface area contributed by atoms with Gasteiger partial charge in [0.25, 0.3) is 5.69 Å². The lowest BCUT2D eigenvalue weighted by Crippen LogP contribution is -2.44. The van der Waals surface area contributed by atoms with Gasteiger partial charge in [0.15, 0.2) is 0 Å². The van der Waals surface area contributed by atoms with Gasteiger partial charge in [-0.25, -0.2) is 0 Å². The van der Waals surface area contributed by atoms with Crippen LogP contribution in [0.3, 0.4) is 0 Å². The van der Waals surface area contributed by atoms with E-state index in [4.69, 9.17) is 9.47 Å². The number of nitrogens with zero attached hydrogens (tertiary/aromatic N) is 1. The first-order valence-corrected chi connectivity index (χ1v) is 11.3. The van der Waals surface area contributed by atoms with Gasteiger partial charge in [0.2, 0.25) is 5.91 Å². The smallest absolute Gasteiger partial charge is 0.269 e. The van der Waals surface area contributed by atoms with E-state index in [2.05, 4.69) is 12.2 Å². The minimum Gasteiger partial charge on any atom is -0.490 e. The molecule has 0 aliphatic carbocycles. The molecule has 172 valence electrons. The number of anilines is 1. The third-order valence-corrected chi connectivity index (χ3v) is 6.45. The van der Waals surface area contributed by atoms with Crippen molar-refractivity contribution in [1.82, 2.24) is 0 Å². The fraction of sp³-hybridized carbons (Fsp3) is 0.346. The Bertz CT molecular complexity index is 1150. The lowest BCUT2D eigenvalue weighted by Gasteiger charge is -2.36. The molecule has 7 heteroatoms. The molecule has 1 aliphatic heterocycles. The predicted octanol–water partition coefficient (Wildman–Crippen LogP) is 5.61. The Morgan fingerprint density at radius 1 is 1.09 bits per heavy atom. The zero-order valence-electron chi connectivity index (χ0n) is 18.9. The monoisotopic (exact) mass is 448 g/mol. The molecule has 7 nitrogen and oxygen atoms in total. The number of carbonyl (C=O) groups excluding carboxylic acids is 1. The highest BCUT2D eigenvalue weighted by Gasteiger charge is 2.42. The van der Waals surface area contributed by atoms with E-state index in [1.807, 2.05) is 43.3 Å². The number of non-ortho nitro benzene ring substituents is 1. The third-order valence-electron chi connectivity index (χ3n) is 6.45. The maximum absolute atomic E-state index is 13.7. The van der Waals surface area contributed by atoms with Crippen molar-refractivity contribution in [3.8, 4) is 5.75 Å². The highest BCUT2D eigenvalue weighted by atomic mass is 16.6. The molecule has 33 heavy (non-hydrogen) atoms. The first-order valence-electron chi connectivity index (χ1n) is 11.3. The van der Waals surface area contributed by atoms with Gasteiger partial charge in [-0.15, -0.1) is 0 Å². The van der Waals surface area contributed by atoms with Gasteiger partial charge in [0, 0.05) is 41.8 Å². The molecule has 1 fully saturated rings. The first kappa shape index (κ1) is 22.7. The Kier molecular flexibility index (Phi) is 6.60. The number of nitro groups is 1. The van der Waals surface area contributed by atoms with Crippen LogP contribution in [0.2, 0.25) is 0 Å². The molecule has 0 aromatic heterocycles. The van der Waals surface area contributed by atoms with Crippen molar-refractivity contribution >= 4 is 28.1 Å². The van der Waals surface area contributed by atoms with Crippen LogP contribution in [-0.4, -0.2) is 30.1 Å². The molecule has 1 saturated heterocycles. The molecule has 0 radical (unpaired) electrons. The molecular formula is C26H28N2O5. The van der Waals surface area contributed by atoms with Gasteiger partial charge in [-0.2, -0.15) is 0 Å². The van der Waals surface area contributed by atoms with Gasteiger partial charge in [-0.3, -0.25) is 14.9 Å². The number of rotatable bonds is 7. The largest absolute Gasteiger partial charge is 0.490 e. The summed E-state index contributed by atoms with van der Waals surface area (Å²) in [6.07, 6.45) is 1.99. The molecule has 1 N–H and O–H groups in total. The summed E-state index contributed by atoms with van der Waals surface area (Å²) in [5.41, 5.74) is 0.652. The SMILES string of the molecule is CC[C@H](C)Oc1ccc(NC(=O)C2(c3ccc([N+](=O)[O-])cc3)CCOCC2)c2ccccc12. The Morgan fingerprint density at radius 3 is 2.39 bits per heavy atom. The van der Waals surface area contributed by atoms with Crippen LogP contribution >= 0.6 is 0 Å². The molecule has 0 unspecified atom stereocenters. The van der Waals surface area contributed by atoms with Crippen molar-refractivity contribution in [2.75, 3.05) is 18.5 Å². The van der Waals surface area contributed by atoms with E-state index in [0.717, 1.165) is 28.5 Å². The van der Waals surface area contributed by atoms with Gasteiger partial charge in [-0.05, 0) is 43.9 Å². The van der Waals surface area contributed by atoms with E-state index >= 15 is 0 Å². The second kappa shape index (κ2) is 9.58. The number of fused-ring (bicyclic) bond motifs is 1. The lowest BCUT2D eigenvalue weighted by atomic mass is 9.73. The normalized spacial score (nSPS) is 16.2. The summed E-state index contributed by atoms with van der Waals surface area (Å²) in [5.74, 6) is 0.648. The minimum absolute atomic E-state index is 0.00394. The summed E-state index contributed by atoms with van der Waals surface area (Å²) >= 11 is 0. The number of carbonyl (C=O) groups is 1. The van der Waals surface area contributed by atoms with Crippen LogP contribution in [0.1, 0.15) is 38.7 Å². The number of hydrogen-bond acceptors (Lipinski definition) is 5. The fourth-order valence-corrected chi connectivity index (χ4v) is 4.29. The minimum atomic E-state index is -0.819. The quantitative estimate of drug-likeness (QED) is 0.375. The van der Waals surface area contributed by atoms with Crippen LogP contribution in [-0.2, 0) is 14.9 Å². The number of amides is 1. The Balaban J connectivity index is 1.69. The third kappa shape index (κ3) is 4.54. The van der Waals surface area contributed by atoms with Gasteiger partial charge < -0.3 is 14.8 Å². The summed E-state index contributed by atoms with van der Waals surface area (Å²) < 4.78 is 11.6. The molecule has 0 saturated carbocycles.